The third kappa shape index (κ3) is 255. The Kier molecular flexibility index (Phi) is 15.6. The van der Waals surface area contributed by atoms with Crippen LogP contribution in [0.3, 0.4) is 0 Å². The number of hydrogen-bond donors (Lipinski definition) is 4. The molecule has 0 saturated carbocycles. The molecule has 6 nitrogen and oxygen atoms in total. The summed E-state index contributed by atoms with van der Waals surface area (Å²) in [6.07, 6.45) is 0. The summed E-state index contributed by atoms with van der Waals surface area (Å²) in [7, 11) is -4.67. The summed E-state index contributed by atoms with van der Waals surface area (Å²) < 4.78 is 31.6. The second-order valence-electron chi connectivity index (χ2n) is 1.03. The van der Waals surface area contributed by atoms with E-state index in [2.05, 4.69) is 0 Å². The van der Waals surface area contributed by atoms with Crippen LogP contribution in [0.4, 0.5) is 0 Å². The molecule has 0 aliphatic heterocycles. The fraction of sp³-hybridized carbons (Fsp3) is 1.00. The molecule has 0 heterocycles. The zero-order valence-electron chi connectivity index (χ0n) is 5.10. The van der Waals surface area contributed by atoms with Crippen LogP contribution in [0.2, 0.25) is 0 Å². The molecule has 10 heavy (non-hydrogen) atoms. The first-order chi connectivity index (χ1) is 3.91. The fourth-order valence-corrected chi connectivity index (χ4v) is 0. The van der Waals surface area contributed by atoms with Gasteiger partial charge in [0.15, 0.2) is 0 Å². The largest absolute Gasteiger partial charge is 0.394 e. The Bertz CT molecular complexity index is 124. The van der Waals surface area contributed by atoms with Crippen LogP contribution in [-0.2, 0) is 27.8 Å². The van der Waals surface area contributed by atoms with Crippen LogP contribution < -0.4 is 11.5 Å². The predicted octanol–water partition coefficient (Wildman–Crippen LogP) is -1.75. The van der Waals surface area contributed by atoms with Gasteiger partial charge in [-0.3, -0.25) is 9.11 Å². The molecule has 64 valence electrons. The molecule has 0 aliphatic carbocycles. The van der Waals surface area contributed by atoms with E-state index in [0.717, 1.165) is 0 Å². The standard InChI is InChI=1S/C2H8N2.Cr.H2O4S/c3-1-2-4;;1-5(2,3)4/h1-4H2;;(H2,1,2,3,4). The van der Waals surface area contributed by atoms with Crippen molar-refractivity contribution in [2.24, 2.45) is 11.5 Å². The van der Waals surface area contributed by atoms with Crippen molar-refractivity contribution >= 4 is 10.4 Å². The molecule has 0 aromatic carbocycles. The molecule has 0 atom stereocenters. The van der Waals surface area contributed by atoms with Gasteiger partial charge in [-0.05, 0) is 0 Å². The van der Waals surface area contributed by atoms with Crippen molar-refractivity contribution in [3.8, 4) is 0 Å². The molecular weight excluding hydrogens is 200 g/mol. The second-order valence-corrected chi connectivity index (χ2v) is 1.92. The van der Waals surface area contributed by atoms with E-state index >= 15 is 0 Å². The van der Waals surface area contributed by atoms with Crippen LogP contribution in [0.1, 0.15) is 0 Å². The van der Waals surface area contributed by atoms with Gasteiger partial charge < -0.3 is 11.5 Å². The first-order valence-corrected chi connectivity index (χ1v) is 3.41. The van der Waals surface area contributed by atoms with Crippen molar-refractivity contribution in [3.63, 3.8) is 0 Å². The molecule has 0 fully saturated rings. The Morgan fingerprint density at radius 2 is 1.20 bits per heavy atom. The summed E-state index contributed by atoms with van der Waals surface area (Å²) in [5.74, 6) is 0. The van der Waals surface area contributed by atoms with Crippen LogP contribution in [0.25, 0.3) is 0 Å². The van der Waals surface area contributed by atoms with Gasteiger partial charge in [-0.25, -0.2) is 0 Å². The molecular formula is C2H10CrN2O4S. The summed E-state index contributed by atoms with van der Waals surface area (Å²) in [6, 6.07) is 0. The number of rotatable bonds is 1. The number of nitrogens with two attached hydrogens (primary N) is 2. The Hall–Kier alpha value is 0.322. The minimum Gasteiger partial charge on any atom is -0.329 e. The van der Waals surface area contributed by atoms with Crippen molar-refractivity contribution in [2.75, 3.05) is 13.1 Å². The van der Waals surface area contributed by atoms with Gasteiger partial charge in [-0.15, -0.1) is 0 Å². The molecule has 0 radical (unpaired) electrons. The molecule has 0 aromatic rings. The van der Waals surface area contributed by atoms with Crippen LogP contribution >= 0.6 is 0 Å². The molecule has 6 N–H and O–H groups in total. The predicted molar refractivity (Wildman–Crippen MR) is 32.3 cm³/mol. The van der Waals surface area contributed by atoms with E-state index in [9.17, 15) is 0 Å². The SMILES string of the molecule is NCCN.O=S(=O)(O)O.[Cr]. The molecule has 0 amide bonds. The minimum absolute atomic E-state index is 0. The zero-order chi connectivity index (χ0) is 7.91. The molecule has 0 aromatic heterocycles. The van der Waals surface area contributed by atoms with Gasteiger partial charge in [0.2, 0.25) is 0 Å². The van der Waals surface area contributed by atoms with E-state index in [1.807, 2.05) is 0 Å². The molecule has 0 spiro atoms. The Labute approximate surface area is 70.3 Å². The smallest absolute Gasteiger partial charge is 0.329 e. The van der Waals surface area contributed by atoms with Crippen molar-refractivity contribution in [3.05, 3.63) is 0 Å². The van der Waals surface area contributed by atoms with Crippen LogP contribution in [-0.4, -0.2) is 30.6 Å². The van der Waals surface area contributed by atoms with Gasteiger partial charge in [-0.1, -0.05) is 0 Å². The molecule has 0 unspecified atom stereocenters. The summed E-state index contributed by atoms with van der Waals surface area (Å²) in [5, 5.41) is 0. The average Bonchev–Trinajstić information content (AvgIpc) is 1.61. The fourth-order valence-electron chi connectivity index (χ4n) is 0. The van der Waals surface area contributed by atoms with E-state index in [0.29, 0.717) is 13.1 Å². The Morgan fingerprint density at radius 1 is 1.10 bits per heavy atom. The van der Waals surface area contributed by atoms with Crippen molar-refractivity contribution in [2.45, 2.75) is 0 Å². The van der Waals surface area contributed by atoms with Gasteiger partial charge in [0.1, 0.15) is 0 Å². The third-order valence-corrected chi connectivity index (χ3v) is 0.167. The van der Waals surface area contributed by atoms with Gasteiger partial charge in [0.25, 0.3) is 0 Å². The van der Waals surface area contributed by atoms with Crippen molar-refractivity contribution < 1.29 is 34.9 Å². The van der Waals surface area contributed by atoms with Gasteiger partial charge in [0.05, 0.1) is 0 Å². The zero-order valence-corrected chi connectivity index (χ0v) is 7.19. The monoisotopic (exact) mass is 210 g/mol. The second kappa shape index (κ2) is 9.32. The first kappa shape index (κ1) is 16.7. The van der Waals surface area contributed by atoms with E-state index in [1.165, 1.54) is 0 Å². The normalized spacial score (nSPS) is 8.80. The first-order valence-electron chi connectivity index (χ1n) is 2.01. The molecule has 0 bridgehead atoms. The van der Waals surface area contributed by atoms with Crippen LogP contribution in [0, 0.1) is 0 Å². The van der Waals surface area contributed by atoms with E-state index < -0.39 is 10.4 Å². The quantitative estimate of drug-likeness (QED) is 0.380. The maximum atomic E-state index is 8.74. The summed E-state index contributed by atoms with van der Waals surface area (Å²) in [5.41, 5.74) is 9.81. The Morgan fingerprint density at radius 3 is 1.20 bits per heavy atom. The van der Waals surface area contributed by atoms with Crippen molar-refractivity contribution in [1.29, 1.82) is 0 Å². The third-order valence-electron chi connectivity index (χ3n) is 0.167. The summed E-state index contributed by atoms with van der Waals surface area (Å²) >= 11 is 0. The average molecular weight is 210 g/mol. The van der Waals surface area contributed by atoms with Gasteiger partial charge >= 0.3 is 10.4 Å². The molecule has 0 saturated heterocycles. The maximum absolute atomic E-state index is 8.74. The molecule has 0 rings (SSSR count). The summed E-state index contributed by atoms with van der Waals surface area (Å²) in [4.78, 5) is 0. The van der Waals surface area contributed by atoms with Crippen molar-refractivity contribution in [1.82, 2.24) is 0 Å². The minimum atomic E-state index is -4.67. The topological polar surface area (TPSA) is 127 Å². The molecule has 8 heteroatoms. The molecule has 0 aliphatic rings. The number of hydrogen-bond acceptors (Lipinski definition) is 4. The van der Waals surface area contributed by atoms with E-state index in [4.69, 9.17) is 29.0 Å². The maximum Gasteiger partial charge on any atom is 0.394 e. The summed E-state index contributed by atoms with van der Waals surface area (Å²) in [6.45, 7) is 1.19. The van der Waals surface area contributed by atoms with E-state index in [-0.39, 0.29) is 17.4 Å². The van der Waals surface area contributed by atoms with E-state index in [1.54, 1.807) is 0 Å². The Balaban J connectivity index is -0.0000000910. The van der Waals surface area contributed by atoms with Crippen LogP contribution in [0.5, 0.6) is 0 Å². The van der Waals surface area contributed by atoms with Crippen LogP contribution in [0.15, 0.2) is 0 Å². The van der Waals surface area contributed by atoms with Gasteiger partial charge in [-0.2, -0.15) is 8.42 Å². The van der Waals surface area contributed by atoms with Gasteiger partial charge in [0, 0.05) is 30.5 Å².